The van der Waals surface area contributed by atoms with Gasteiger partial charge in [-0.05, 0) is 41.4 Å². The molecule has 1 atom stereocenters. The molecule has 0 saturated carbocycles. The van der Waals surface area contributed by atoms with E-state index in [9.17, 15) is 4.79 Å². The zero-order chi connectivity index (χ0) is 20.7. The number of aromatic nitrogens is 5. The first-order valence-electron chi connectivity index (χ1n) is 9.40. The lowest BCUT2D eigenvalue weighted by atomic mass is 9.87. The molecule has 4 aromatic rings. The van der Waals surface area contributed by atoms with Crippen LogP contribution in [-0.4, -0.2) is 38.0 Å². The standard InChI is InChI=1S/C21H18N6O2S/c1-12-19-16(14-6-7-30-11-14)9-18(28)24-20(19)27(26-12)21-23-17(10-22-25-21)13-4-3-5-15(8-13)29-2/h3-8,10-11,16H,9H2,1-2H3,(H,24,28). The molecule has 0 saturated heterocycles. The first-order chi connectivity index (χ1) is 14.6. The number of carbonyl (C=O) groups excluding carboxylic acids is 1. The lowest BCUT2D eigenvalue weighted by Crippen LogP contribution is -2.25. The van der Waals surface area contributed by atoms with Gasteiger partial charge in [0.25, 0.3) is 5.95 Å². The Morgan fingerprint density at radius 2 is 2.20 bits per heavy atom. The van der Waals surface area contributed by atoms with Crippen molar-refractivity contribution in [3.05, 3.63) is 64.1 Å². The number of methoxy groups -OCH3 is 1. The van der Waals surface area contributed by atoms with E-state index in [4.69, 9.17) is 4.74 Å². The van der Waals surface area contributed by atoms with Crippen LogP contribution in [0, 0.1) is 6.92 Å². The largest absolute Gasteiger partial charge is 0.497 e. The Morgan fingerprint density at radius 3 is 3.00 bits per heavy atom. The molecule has 0 spiro atoms. The number of rotatable bonds is 4. The van der Waals surface area contributed by atoms with E-state index in [2.05, 4.69) is 37.0 Å². The lowest BCUT2D eigenvalue weighted by Gasteiger charge is -2.23. The van der Waals surface area contributed by atoms with Crippen LogP contribution >= 0.6 is 11.3 Å². The minimum atomic E-state index is -0.0586. The van der Waals surface area contributed by atoms with Gasteiger partial charge in [-0.25, -0.2) is 4.98 Å². The number of nitrogens with one attached hydrogen (secondary N) is 1. The maximum atomic E-state index is 12.5. The predicted molar refractivity (Wildman–Crippen MR) is 113 cm³/mol. The summed E-state index contributed by atoms with van der Waals surface area (Å²) in [7, 11) is 1.62. The van der Waals surface area contributed by atoms with Crippen molar-refractivity contribution in [1.29, 1.82) is 0 Å². The number of anilines is 1. The van der Waals surface area contributed by atoms with Gasteiger partial charge < -0.3 is 10.1 Å². The zero-order valence-electron chi connectivity index (χ0n) is 16.4. The quantitative estimate of drug-likeness (QED) is 0.544. The summed E-state index contributed by atoms with van der Waals surface area (Å²) in [5.41, 5.74) is 4.42. The number of nitrogens with zero attached hydrogens (tertiary/aromatic N) is 5. The van der Waals surface area contributed by atoms with Crippen LogP contribution in [0.15, 0.2) is 47.3 Å². The monoisotopic (exact) mass is 418 g/mol. The number of ether oxygens (including phenoxy) is 1. The van der Waals surface area contributed by atoms with E-state index < -0.39 is 0 Å². The van der Waals surface area contributed by atoms with Gasteiger partial charge in [0.2, 0.25) is 5.91 Å². The number of hydrogen-bond donors (Lipinski definition) is 1. The van der Waals surface area contributed by atoms with Gasteiger partial charge in [0.15, 0.2) is 0 Å². The van der Waals surface area contributed by atoms with Crippen LogP contribution in [-0.2, 0) is 4.79 Å². The molecule has 0 fully saturated rings. The van der Waals surface area contributed by atoms with Crippen molar-refractivity contribution in [1.82, 2.24) is 25.0 Å². The Bertz CT molecular complexity index is 1230. The summed E-state index contributed by atoms with van der Waals surface area (Å²) >= 11 is 1.62. The fourth-order valence-corrected chi connectivity index (χ4v) is 4.47. The van der Waals surface area contributed by atoms with Crippen molar-refractivity contribution in [2.75, 3.05) is 12.4 Å². The van der Waals surface area contributed by atoms with E-state index in [1.807, 2.05) is 36.6 Å². The third-order valence-corrected chi connectivity index (χ3v) is 5.85. The molecule has 0 radical (unpaired) electrons. The third-order valence-electron chi connectivity index (χ3n) is 5.15. The second kappa shape index (κ2) is 7.34. The highest BCUT2D eigenvalue weighted by molar-refractivity contribution is 7.08. The first kappa shape index (κ1) is 18.4. The Morgan fingerprint density at radius 1 is 1.30 bits per heavy atom. The molecule has 30 heavy (non-hydrogen) atoms. The number of carbonyl (C=O) groups is 1. The fraction of sp³-hybridized carbons (Fsp3) is 0.190. The molecule has 150 valence electrons. The Kier molecular flexibility index (Phi) is 4.51. The summed E-state index contributed by atoms with van der Waals surface area (Å²) in [5, 5.41) is 20.0. The normalized spacial score (nSPS) is 15.5. The van der Waals surface area contributed by atoms with Crippen molar-refractivity contribution < 1.29 is 9.53 Å². The summed E-state index contributed by atoms with van der Waals surface area (Å²) in [6.45, 7) is 1.94. The van der Waals surface area contributed by atoms with Crippen LogP contribution < -0.4 is 10.1 Å². The highest BCUT2D eigenvalue weighted by Crippen LogP contribution is 2.40. The average molecular weight is 418 g/mol. The molecule has 8 nitrogen and oxygen atoms in total. The summed E-state index contributed by atoms with van der Waals surface area (Å²) in [5.74, 6) is 1.53. The molecule has 1 unspecified atom stereocenters. The van der Waals surface area contributed by atoms with Crippen molar-refractivity contribution in [2.24, 2.45) is 0 Å². The van der Waals surface area contributed by atoms with Gasteiger partial charge >= 0.3 is 0 Å². The van der Waals surface area contributed by atoms with Crippen molar-refractivity contribution >= 4 is 23.1 Å². The van der Waals surface area contributed by atoms with Crippen LogP contribution in [0.5, 0.6) is 5.75 Å². The number of benzene rings is 1. The molecule has 9 heteroatoms. The Balaban J connectivity index is 1.61. The maximum absolute atomic E-state index is 12.5. The molecule has 1 amide bonds. The van der Waals surface area contributed by atoms with E-state index in [0.717, 1.165) is 28.1 Å². The topological polar surface area (TPSA) is 94.8 Å². The van der Waals surface area contributed by atoms with E-state index in [1.165, 1.54) is 0 Å². The van der Waals surface area contributed by atoms with Gasteiger partial charge in [-0.1, -0.05) is 12.1 Å². The van der Waals surface area contributed by atoms with E-state index in [0.29, 0.717) is 23.9 Å². The highest BCUT2D eigenvalue weighted by atomic mass is 32.1. The summed E-state index contributed by atoms with van der Waals surface area (Å²) in [6, 6.07) is 9.62. The van der Waals surface area contributed by atoms with Gasteiger partial charge in [0, 0.05) is 23.5 Å². The molecule has 1 aromatic carbocycles. The van der Waals surface area contributed by atoms with Gasteiger partial charge in [0.05, 0.1) is 24.7 Å². The molecule has 1 N–H and O–H groups in total. The third kappa shape index (κ3) is 3.13. The molecule has 1 aliphatic heterocycles. The summed E-state index contributed by atoms with van der Waals surface area (Å²) in [4.78, 5) is 17.1. The molecule has 4 heterocycles. The van der Waals surface area contributed by atoms with Crippen LogP contribution in [0.1, 0.15) is 29.2 Å². The number of hydrogen-bond acceptors (Lipinski definition) is 7. The predicted octanol–water partition coefficient (Wildman–Crippen LogP) is 3.58. The molecular weight excluding hydrogens is 400 g/mol. The van der Waals surface area contributed by atoms with Crippen LogP contribution in [0.3, 0.4) is 0 Å². The molecule has 0 bridgehead atoms. The van der Waals surface area contributed by atoms with Gasteiger partial charge in [-0.15, -0.1) is 5.10 Å². The minimum absolute atomic E-state index is 0.0386. The van der Waals surface area contributed by atoms with Crippen LogP contribution in [0.2, 0.25) is 0 Å². The SMILES string of the molecule is COc1cccc(-c2cnnc(-n3nc(C)c4c3NC(=O)CC4c3ccsc3)n2)c1. The molecule has 5 rings (SSSR count). The zero-order valence-corrected chi connectivity index (χ0v) is 17.2. The fourth-order valence-electron chi connectivity index (χ4n) is 3.76. The number of fused-ring (bicyclic) bond motifs is 1. The van der Waals surface area contributed by atoms with Crippen LogP contribution in [0.25, 0.3) is 17.2 Å². The van der Waals surface area contributed by atoms with Gasteiger partial charge in [0.1, 0.15) is 11.6 Å². The highest BCUT2D eigenvalue weighted by Gasteiger charge is 2.33. The van der Waals surface area contributed by atoms with E-state index in [-0.39, 0.29) is 11.8 Å². The molecule has 3 aromatic heterocycles. The van der Waals surface area contributed by atoms with Gasteiger partial charge in [-0.3, -0.25) is 4.79 Å². The second-order valence-corrected chi connectivity index (χ2v) is 7.77. The van der Waals surface area contributed by atoms with Gasteiger partial charge in [-0.2, -0.15) is 26.2 Å². The Hall–Kier alpha value is -3.59. The van der Waals surface area contributed by atoms with E-state index >= 15 is 0 Å². The summed E-state index contributed by atoms with van der Waals surface area (Å²) in [6.07, 6.45) is 1.98. The van der Waals surface area contributed by atoms with Crippen molar-refractivity contribution in [2.45, 2.75) is 19.3 Å². The molecular formula is C21H18N6O2S. The molecule has 0 aliphatic carbocycles. The van der Waals surface area contributed by atoms with Crippen molar-refractivity contribution in [3.8, 4) is 23.0 Å². The smallest absolute Gasteiger partial charge is 0.272 e. The van der Waals surface area contributed by atoms with E-state index in [1.54, 1.807) is 29.3 Å². The van der Waals surface area contributed by atoms with Crippen LogP contribution in [0.4, 0.5) is 5.82 Å². The number of thiophene rings is 1. The number of amides is 1. The summed E-state index contributed by atoms with van der Waals surface area (Å²) < 4.78 is 6.87. The van der Waals surface area contributed by atoms with Crippen molar-refractivity contribution in [3.63, 3.8) is 0 Å². The lowest BCUT2D eigenvalue weighted by molar-refractivity contribution is -0.116. The first-order valence-corrected chi connectivity index (χ1v) is 10.3. The minimum Gasteiger partial charge on any atom is -0.497 e. The second-order valence-electron chi connectivity index (χ2n) is 6.99. The Labute approximate surface area is 176 Å². The number of aryl methyl sites for hydroxylation is 1. The maximum Gasteiger partial charge on any atom is 0.272 e. The molecule has 1 aliphatic rings. The average Bonchev–Trinajstić information content (AvgIpc) is 3.42.